The molecule has 2 aromatic rings. The Hall–Kier alpha value is -1.47. The Labute approximate surface area is 120 Å². The van der Waals surface area contributed by atoms with Gasteiger partial charge in [-0.05, 0) is 30.5 Å². The first kappa shape index (κ1) is 13.5. The Morgan fingerprint density at radius 2 is 2.20 bits per heavy atom. The number of hydrogen-bond acceptors (Lipinski definition) is 4. The molecule has 0 aliphatic heterocycles. The molecule has 1 aromatic carbocycles. The number of thiazole rings is 1. The van der Waals surface area contributed by atoms with Crippen LogP contribution in [0.15, 0.2) is 29.6 Å². The predicted molar refractivity (Wildman–Crippen MR) is 76.7 cm³/mol. The fourth-order valence-electron chi connectivity index (χ4n) is 1.91. The maximum atomic E-state index is 13.0. The van der Waals surface area contributed by atoms with Crippen molar-refractivity contribution in [3.05, 3.63) is 46.7 Å². The van der Waals surface area contributed by atoms with E-state index in [1.165, 1.54) is 29.5 Å². The van der Waals surface area contributed by atoms with Gasteiger partial charge in [0.05, 0.1) is 11.4 Å². The zero-order valence-electron chi connectivity index (χ0n) is 10.5. The zero-order valence-corrected chi connectivity index (χ0v) is 12.2. The molecular formula is C13H13FN2O2S2. The average Bonchev–Trinajstić information content (AvgIpc) is 3.10. The van der Waals surface area contributed by atoms with Crippen LogP contribution in [0, 0.1) is 5.82 Å². The van der Waals surface area contributed by atoms with Crippen molar-refractivity contribution in [3.63, 3.8) is 0 Å². The molecule has 0 radical (unpaired) electrons. The maximum absolute atomic E-state index is 13.0. The van der Waals surface area contributed by atoms with E-state index in [2.05, 4.69) is 9.71 Å². The van der Waals surface area contributed by atoms with Gasteiger partial charge in [0.1, 0.15) is 5.82 Å². The molecule has 1 saturated carbocycles. The lowest BCUT2D eigenvalue weighted by atomic mass is 10.2. The van der Waals surface area contributed by atoms with Crippen molar-refractivity contribution in [3.8, 4) is 0 Å². The lowest BCUT2D eigenvalue weighted by Gasteiger charge is -2.05. The maximum Gasteiger partial charge on any atom is 0.238 e. The Morgan fingerprint density at radius 1 is 1.40 bits per heavy atom. The number of anilines is 1. The van der Waals surface area contributed by atoms with Gasteiger partial charge in [0.2, 0.25) is 10.0 Å². The third-order valence-electron chi connectivity index (χ3n) is 3.01. The Morgan fingerprint density at radius 3 is 2.90 bits per heavy atom. The van der Waals surface area contributed by atoms with E-state index >= 15 is 0 Å². The van der Waals surface area contributed by atoms with Crippen molar-refractivity contribution in [1.29, 1.82) is 0 Å². The molecule has 1 N–H and O–H groups in total. The van der Waals surface area contributed by atoms with Gasteiger partial charge in [0.15, 0.2) is 5.13 Å². The molecule has 1 aromatic heterocycles. The van der Waals surface area contributed by atoms with Crippen LogP contribution in [-0.4, -0.2) is 13.4 Å². The standard InChI is InChI=1S/C13H13FN2O2S2/c14-11-3-1-2-9(6-11)8-20(17,18)16-13-15-12(7-19-13)10-4-5-10/h1-3,6-7,10H,4-5,8H2,(H,15,16). The SMILES string of the molecule is O=S(=O)(Cc1cccc(F)c1)Nc1nc(C2CC2)cs1. The van der Waals surface area contributed by atoms with Gasteiger partial charge in [0.25, 0.3) is 0 Å². The van der Waals surface area contributed by atoms with Gasteiger partial charge in [-0.3, -0.25) is 4.72 Å². The summed E-state index contributed by atoms with van der Waals surface area (Å²) in [6.45, 7) is 0. The summed E-state index contributed by atoms with van der Waals surface area (Å²) < 4.78 is 39.5. The molecule has 3 rings (SSSR count). The highest BCUT2D eigenvalue weighted by Gasteiger charge is 2.26. The van der Waals surface area contributed by atoms with Crippen molar-refractivity contribution in [1.82, 2.24) is 4.98 Å². The van der Waals surface area contributed by atoms with Crippen LogP contribution in [-0.2, 0) is 15.8 Å². The molecule has 1 aliphatic rings. The molecule has 20 heavy (non-hydrogen) atoms. The van der Waals surface area contributed by atoms with Crippen LogP contribution in [0.4, 0.5) is 9.52 Å². The normalized spacial score (nSPS) is 15.2. The molecule has 0 saturated heterocycles. The third kappa shape index (κ3) is 3.34. The van der Waals surface area contributed by atoms with E-state index in [1.54, 1.807) is 6.07 Å². The van der Waals surface area contributed by atoms with E-state index < -0.39 is 15.8 Å². The second-order valence-electron chi connectivity index (χ2n) is 4.84. The molecule has 7 heteroatoms. The number of aromatic nitrogens is 1. The molecular weight excluding hydrogens is 299 g/mol. The molecule has 0 amide bonds. The average molecular weight is 312 g/mol. The van der Waals surface area contributed by atoms with E-state index in [0.717, 1.165) is 18.5 Å². The summed E-state index contributed by atoms with van der Waals surface area (Å²) >= 11 is 1.28. The summed E-state index contributed by atoms with van der Waals surface area (Å²) in [5, 5.41) is 2.26. The molecule has 0 unspecified atom stereocenters. The number of halogens is 1. The second-order valence-corrected chi connectivity index (χ2v) is 7.42. The number of hydrogen-bond donors (Lipinski definition) is 1. The third-order valence-corrected chi connectivity index (χ3v) is 5.13. The summed E-state index contributed by atoms with van der Waals surface area (Å²) in [6, 6.07) is 5.58. The number of nitrogens with one attached hydrogen (secondary N) is 1. The van der Waals surface area contributed by atoms with Gasteiger partial charge >= 0.3 is 0 Å². The van der Waals surface area contributed by atoms with E-state index in [1.807, 2.05) is 5.38 Å². The largest absolute Gasteiger partial charge is 0.258 e. The van der Waals surface area contributed by atoms with Crippen molar-refractivity contribution in [2.24, 2.45) is 0 Å². The minimum Gasteiger partial charge on any atom is -0.258 e. The minimum atomic E-state index is -3.57. The molecule has 4 nitrogen and oxygen atoms in total. The van der Waals surface area contributed by atoms with Crippen molar-refractivity contribution in [2.75, 3.05) is 4.72 Å². The lowest BCUT2D eigenvalue weighted by molar-refractivity contribution is 0.599. The Kier molecular flexibility index (Phi) is 3.47. The van der Waals surface area contributed by atoms with Crippen molar-refractivity contribution < 1.29 is 12.8 Å². The molecule has 106 valence electrons. The van der Waals surface area contributed by atoms with Crippen LogP contribution in [0.3, 0.4) is 0 Å². The summed E-state index contributed by atoms with van der Waals surface area (Å²) in [4.78, 5) is 4.27. The van der Waals surface area contributed by atoms with Crippen LogP contribution >= 0.6 is 11.3 Å². The first-order valence-electron chi connectivity index (χ1n) is 6.22. The van der Waals surface area contributed by atoms with Gasteiger partial charge in [-0.1, -0.05) is 12.1 Å². The number of rotatable bonds is 5. The summed E-state index contributed by atoms with van der Waals surface area (Å²) in [6.07, 6.45) is 2.25. The Bertz CT molecular complexity index is 723. The van der Waals surface area contributed by atoms with E-state index in [4.69, 9.17) is 0 Å². The van der Waals surface area contributed by atoms with Gasteiger partial charge in [0, 0.05) is 11.3 Å². The van der Waals surface area contributed by atoms with Gasteiger partial charge in [-0.2, -0.15) is 0 Å². The van der Waals surface area contributed by atoms with Gasteiger partial charge < -0.3 is 0 Å². The molecule has 1 aliphatic carbocycles. The van der Waals surface area contributed by atoms with Crippen LogP contribution in [0.25, 0.3) is 0 Å². The van der Waals surface area contributed by atoms with E-state index in [0.29, 0.717) is 16.6 Å². The monoisotopic (exact) mass is 312 g/mol. The second kappa shape index (κ2) is 5.14. The summed E-state index contributed by atoms with van der Waals surface area (Å²) in [5.74, 6) is -0.209. The smallest absolute Gasteiger partial charge is 0.238 e. The molecule has 0 atom stereocenters. The van der Waals surface area contributed by atoms with Crippen LogP contribution in [0.2, 0.25) is 0 Å². The fourth-order valence-corrected chi connectivity index (χ4v) is 4.13. The highest BCUT2D eigenvalue weighted by molar-refractivity contribution is 7.92. The first-order chi connectivity index (χ1) is 9.52. The van der Waals surface area contributed by atoms with Crippen LogP contribution < -0.4 is 4.72 Å². The predicted octanol–water partition coefficient (Wildman–Crippen LogP) is 3.10. The molecule has 0 bridgehead atoms. The molecule has 0 spiro atoms. The van der Waals surface area contributed by atoms with Gasteiger partial charge in [-0.15, -0.1) is 11.3 Å². The lowest BCUT2D eigenvalue weighted by Crippen LogP contribution is -2.15. The Balaban J connectivity index is 1.71. The van der Waals surface area contributed by atoms with E-state index in [-0.39, 0.29) is 5.75 Å². The zero-order chi connectivity index (χ0) is 14.2. The molecule has 1 fully saturated rings. The highest BCUT2D eigenvalue weighted by atomic mass is 32.2. The van der Waals surface area contributed by atoms with Crippen molar-refractivity contribution in [2.45, 2.75) is 24.5 Å². The summed E-state index contributed by atoms with van der Waals surface area (Å²) in [5.41, 5.74) is 1.37. The fraction of sp³-hybridized carbons (Fsp3) is 0.308. The highest BCUT2D eigenvalue weighted by Crippen LogP contribution is 2.41. The van der Waals surface area contributed by atoms with Crippen LogP contribution in [0.1, 0.15) is 30.0 Å². The van der Waals surface area contributed by atoms with Gasteiger partial charge in [-0.25, -0.2) is 17.8 Å². The molecule has 1 heterocycles. The summed E-state index contributed by atoms with van der Waals surface area (Å²) in [7, 11) is -3.57. The first-order valence-corrected chi connectivity index (χ1v) is 8.75. The topological polar surface area (TPSA) is 59.1 Å². The number of sulfonamides is 1. The van der Waals surface area contributed by atoms with Crippen molar-refractivity contribution >= 4 is 26.5 Å². The number of benzene rings is 1. The minimum absolute atomic E-state index is 0.261. The number of nitrogens with zero attached hydrogens (tertiary/aromatic N) is 1. The van der Waals surface area contributed by atoms with Crippen LogP contribution in [0.5, 0.6) is 0 Å². The quantitative estimate of drug-likeness (QED) is 0.923. The van der Waals surface area contributed by atoms with E-state index in [9.17, 15) is 12.8 Å².